The zero-order valence-corrected chi connectivity index (χ0v) is 21.6. The molecule has 1 aliphatic rings. The fourth-order valence-electron chi connectivity index (χ4n) is 3.26. The topological polar surface area (TPSA) is 41.6 Å². The Kier molecular flexibility index (Phi) is 13.3. The highest BCUT2D eigenvalue weighted by atomic mass is 15.1. The highest BCUT2D eigenvalue weighted by molar-refractivity contribution is 5.97. The summed E-state index contributed by atoms with van der Waals surface area (Å²) in [6, 6.07) is 16.5. The van der Waals surface area contributed by atoms with E-state index in [1.807, 2.05) is 77.2 Å². The summed E-state index contributed by atoms with van der Waals surface area (Å²) in [6.45, 7) is 18.4. The van der Waals surface area contributed by atoms with Gasteiger partial charge in [0.25, 0.3) is 0 Å². The van der Waals surface area contributed by atoms with Crippen molar-refractivity contribution in [2.45, 2.75) is 60.8 Å². The van der Waals surface area contributed by atoms with Gasteiger partial charge in [0.1, 0.15) is 0 Å². The molecule has 1 heterocycles. The van der Waals surface area contributed by atoms with Gasteiger partial charge >= 0.3 is 0 Å². The molecule has 0 atom stereocenters. The monoisotopic (exact) mass is 445 g/mol. The quantitative estimate of drug-likeness (QED) is 0.292. The number of nitrogens with zero attached hydrogens (tertiary/aromatic N) is 2. The Balaban J connectivity index is 0.000000372. The Bertz CT molecular complexity index is 923. The van der Waals surface area contributed by atoms with Crippen LogP contribution in [0.5, 0.6) is 0 Å². The van der Waals surface area contributed by atoms with E-state index in [4.69, 9.17) is 5.73 Å². The van der Waals surface area contributed by atoms with Gasteiger partial charge in [-0.2, -0.15) is 0 Å². The van der Waals surface area contributed by atoms with Gasteiger partial charge in [-0.15, -0.1) is 0 Å². The van der Waals surface area contributed by atoms with Crippen molar-refractivity contribution in [3.8, 4) is 0 Å². The fourth-order valence-corrected chi connectivity index (χ4v) is 3.26. The first kappa shape index (κ1) is 28.0. The number of para-hydroxylation sites is 1. The van der Waals surface area contributed by atoms with Crippen LogP contribution in [0.2, 0.25) is 0 Å². The molecule has 0 unspecified atom stereocenters. The third-order valence-corrected chi connectivity index (χ3v) is 5.47. The maximum atomic E-state index is 5.46. The summed E-state index contributed by atoms with van der Waals surface area (Å²) >= 11 is 0. The third-order valence-electron chi connectivity index (χ3n) is 5.47. The van der Waals surface area contributed by atoms with Crippen LogP contribution in [0.4, 0.5) is 11.4 Å². The molecule has 3 rings (SSSR count). The van der Waals surface area contributed by atoms with Crippen molar-refractivity contribution in [3.05, 3.63) is 90.2 Å². The van der Waals surface area contributed by atoms with Gasteiger partial charge in [0.15, 0.2) is 0 Å². The summed E-state index contributed by atoms with van der Waals surface area (Å²) in [5, 5.41) is 0. The van der Waals surface area contributed by atoms with E-state index in [1.54, 1.807) is 0 Å². The van der Waals surface area contributed by atoms with Crippen molar-refractivity contribution in [3.63, 3.8) is 0 Å². The van der Waals surface area contributed by atoms with Crippen molar-refractivity contribution < 1.29 is 0 Å². The van der Waals surface area contributed by atoms with Crippen LogP contribution in [0.3, 0.4) is 0 Å². The molecule has 0 spiro atoms. The largest absolute Gasteiger partial charge is 0.399 e. The van der Waals surface area contributed by atoms with Gasteiger partial charge in [-0.25, -0.2) is 0 Å². The molecule has 1 saturated heterocycles. The molecule has 33 heavy (non-hydrogen) atoms. The van der Waals surface area contributed by atoms with Crippen LogP contribution in [-0.4, -0.2) is 18.8 Å². The number of nitrogens with two attached hydrogens (primary N) is 1. The van der Waals surface area contributed by atoms with Crippen LogP contribution in [0.15, 0.2) is 84.0 Å². The van der Waals surface area contributed by atoms with Crippen LogP contribution >= 0.6 is 0 Å². The van der Waals surface area contributed by atoms with E-state index in [-0.39, 0.29) is 0 Å². The molecule has 0 radical (unpaired) electrons. The van der Waals surface area contributed by atoms with Gasteiger partial charge in [-0.1, -0.05) is 49.1 Å². The minimum atomic E-state index is 0.838. The summed E-state index contributed by atoms with van der Waals surface area (Å²) in [4.78, 5) is 7.03. The lowest BCUT2D eigenvalue weighted by molar-refractivity contribution is 0.577. The maximum Gasteiger partial charge on any atom is 0.0443 e. The van der Waals surface area contributed by atoms with Gasteiger partial charge in [-0.3, -0.25) is 4.99 Å². The number of nitrogen functional groups attached to an aromatic ring is 1. The minimum absolute atomic E-state index is 0.838. The van der Waals surface area contributed by atoms with Gasteiger partial charge in [0.2, 0.25) is 0 Å². The van der Waals surface area contributed by atoms with Crippen molar-refractivity contribution in [2.75, 3.05) is 23.7 Å². The van der Waals surface area contributed by atoms with Crippen molar-refractivity contribution >= 4 is 22.7 Å². The molecule has 0 saturated carbocycles. The molecule has 1 fully saturated rings. The Hall–Kier alpha value is -3.07. The standard InChI is InChI=1S/C19H26N2.C7H9N.C4H8/c1-15(2)17(4)20-14-16(3)18-10-6-7-11-19(18)21-12-8-5-9-13-21;1-6-3-2-4-7(8)5-6;1-3-4-2/h6-7,10-11,14H,1,5,8-9,12-13H2,2-4H3;2-5H,8H2,1H3;3-4H,1-2H3/b16-14+,20-17?;;4-3-. The Labute approximate surface area is 202 Å². The number of hydrogen-bond acceptors (Lipinski definition) is 3. The summed E-state index contributed by atoms with van der Waals surface area (Å²) in [7, 11) is 0. The molecule has 0 amide bonds. The molecule has 2 aromatic rings. The lowest BCUT2D eigenvalue weighted by atomic mass is 10.0. The van der Waals surface area contributed by atoms with Crippen LogP contribution in [-0.2, 0) is 0 Å². The molecule has 2 aromatic carbocycles. The Morgan fingerprint density at radius 1 is 0.939 bits per heavy atom. The number of rotatable bonds is 4. The van der Waals surface area contributed by atoms with Gasteiger partial charge in [-0.05, 0) is 95.7 Å². The molecular weight excluding hydrogens is 402 g/mol. The second-order valence-corrected chi connectivity index (χ2v) is 8.45. The lowest BCUT2D eigenvalue weighted by Crippen LogP contribution is -2.30. The van der Waals surface area contributed by atoms with E-state index in [0.717, 1.165) is 17.0 Å². The van der Waals surface area contributed by atoms with E-state index in [9.17, 15) is 0 Å². The van der Waals surface area contributed by atoms with E-state index < -0.39 is 0 Å². The van der Waals surface area contributed by atoms with Gasteiger partial charge < -0.3 is 10.6 Å². The number of hydrogen-bond donors (Lipinski definition) is 1. The van der Waals surface area contributed by atoms with Crippen molar-refractivity contribution in [1.82, 2.24) is 0 Å². The van der Waals surface area contributed by atoms with E-state index in [1.165, 1.54) is 54.7 Å². The molecule has 0 bridgehead atoms. The zero-order valence-electron chi connectivity index (χ0n) is 21.6. The second kappa shape index (κ2) is 15.7. The Morgan fingerprint density at radius 2 is 1.58 bits per heavy atom. The molecule has 3 nitrogen and oxygen atoms in total. The lowest BCUT2D eigenvalue weighted by Gasteiger charge is -2.30. The maximum absolute atomic E-state index is 5.46. The summed E-state index contributed by atoms with van der Waals surface area (Å²) in [5.41, 5.74) is 13.4. The minimum Gasteiger partial charge on any atom is -0.399 e. The number of aryl methyl sites for hydroxylation is 1. The number of anilines is 2. The fraction of sp³-hybridized carbons (Fsp3) is 0.367. The first-order valence-electron chi connectivity index (χ1n) is 11.9. The van der Waals surface area contributed by atoms with Crippen LogP contribution in [0.25, 0.3) is 5.57 Å². The number of aliphatic imine (C=N–C) groups is 1. The first-order chi connectivity index (χ1) is 15.8. The highest BCUT2D eigenvalue weighted by Crippen LogP contribution is 2.29. The normalized spacial score (nSPS) is 14.2. The predicted molar refractivity (Wildman–Crippen MR) is 150 cm³/mol. The average molecular weight is 446 g/mol. The molecular formula is C30H43N3. The number of piperidine rings is 1. The summed E-state index contributed by atoms with van der Waals surface area (Å²) in [6.07, 6.45) is 9.91. The molecule has 2 N–H and O–H groups in total. The van der Waals surface area contributed by atoms with Crippen molar-refractivity contribution in [2.24, 2.45) is 4.99 Å². The smallest absolute Gasteiger partial charge is 0.0443 e. The summed E-state index contributed by atoms with van der Waals surface area (Å²) < 4.78 is 0. The van der Waals surface area contributed by atoms with Crippen molar-refractivity contribution in [1.29, 1.82) is 0 Å². The van der Waals surface area contributed by atoms with Crippen LogP contribution < -0.4 is 10.6 Å². The number of allylic oxidation sites excluding steroid dienone is 4. The van der Waals surface area contributed by atoms with Crippen LogP contribution in [0, 0.1) is 6.92 Å². The predicted octanol–water partition coefficient (Wildman–Crippen LogP) is 8.23. The SMILES string of the molecule is C/C=C\C.C=C(C)C(C)=N/C=C(\C)c1ccccc1N1CCCCC1.Cc1cccc(N)c1. The highest BCUT2D eigenvalue weighted by Gasteiger charge is 2.14. The molecule has 3 heteroatoms. The first-order valence-corrected chi connectivity index (χ1v) is 11.9. The number of benzene rings is 2. The van der Waals surface area contributed by atoms with Crippen LogP contribution in [0.1, 0.15) is 65.0 Å². The van der Waals surface area contributed by atoms with E-state index in [2.05, 4.69) is 47.7 Å². The molecule has 0 aromatic heterocycles. The van der Waals surface area contributed by atoms with Gasteiger partial charge in [0.05, 0.1) is 0 Å². The van der Waals surface area contributed by atoms with E-state index >= 15 is 0 Å². The zero-order chi connectivity index (χ0) is 24.6. The Morgan fingerprint density at radius 3 is 2.09 bits per heavy atom. The van der Waals surface area contributed by atoms with Gasteiger partial charge in [0, 0.05) is 41.9 Å². The molecule has 0 aliphatic carbocycles. The van der Waals surface area contributed by atoms with E-state index in [0.29, 0.717) is 0 Å². The summed E-state index contributed by atoms with van der Waals surface area (Å²) in [5.74, 6) is 0. The molecule has 1 aliphatic heterocycles. The third kappa shape index (κ3) is 10.9. The average Bonchev–Trinajstić information content (AvgIpc) is 2.83. The second-order valence-electron chi connectivity index (χ2n) is 8.45. The molecule has 178 valence electrons.